The summed E-state index contributed by atoms with van der Waals surface area (Å²) in [5.74, 6) is 0. The lowest BCUT2D eigenvalue weighted by atomic mass is 10.2. The molecule has 4 heteroatoms. The van der Waals surface area contributed by atoms with Crippen LogP contribution in [0.15, 0.2) is 36.5 Å². The van der Waals surface area contributed by atoms with Crippen LogP contribution in [0.5, 0.6) is 0 Å². The summed E-state index contributed by atoms with van der Waals surface area (Å²) in [7, 11) is 0. The molecular weight excluding hydrogens is 270 g/mol. The Kier molecular flexibility index (Phi) is 4.38. The summed E-state index contributed by atoms with van der Waals surface area (Å²) in [6, 6.07) is 10.7. The smallest absolute Gasteiger partial charge is 0.0762 e. The molecule has 0 amide bonds. The maximum absolute atomic E-state index is 5.97. The monoisotopic (exact) mass is 289 g/mol. The SMILES string of the molecule is Clc1cccc(CNCc2ccn(C3CCCC3)n2)c1. The maximum atomic E-state index is 5.97. The minimum Gasteiger partial charge on any atom is -0.307 e. The van der Waals surface area contributed by atoms with Gasteiger partial charge in [0.1, 0.15) is 0 Å². The van der Waals surface area contributed by atoms with Gasteiger partial charge in [0, 0.05) is 24.3 Å². The number of hydrogen-bond acceptors (Lipinski definition) is 2. The molecular formula is C16H20ClN3. The van der Waals surface area contributed by atoms with Crippen LogP contribution in [-0.4, -0.2) is 9.78 Å². The molecule has 2 aromatic rings. The van der Waals surface area contributed by atoms with Gasteiger partial charge in [0.15, 0.2) is 0 Å². The number of benzene rings is 1. The number of aromatic nitrogens is 2. The van der Waals surface area contributed by atoms with Crippen LogP contribution in [0.4, 0.5) is 0 Å². The second-order valence-corrected chi connectivity index (χ2v) is 5.90. The van der Waals surface area contributed by atoms with Crippen molar-refractivity contribution in [3.05, 3.63) is 52.8 Å². The highest BCUT2D eigenvalue weighted by Gasteiger charge is 2.17. The fourth-order valence-electron chi connectivity index (χ4n) is 2.83. The van der Waals surface area contributed by atoms with Crippen LogP contribution in [0.2, 0.25) is 5.02 Å². The summed E-state index contributed by atoms with van der Waals surface area (Å²) in [6.07, 6.45) is 7.35. The summed E-state index contributed by atoms with van der Waals surface area (Å²) >= 11 is 5.97. The van der Waals surface area contributed by atoms with Crippen molar-refractivity contribution in [3.63, 3.8) is 0 Å². The summed E-state index contributed by atoms with van der Waals surface area (Å²) in [6.45, 7) is 1.61. The quantitative estimate of drug-likeness (QED) is 0.903. The van der Waals surface area contributed by atoms with Crippen molar-refractivity contribution in [1.82, 2.24) is 15.1 Å². The highest BCUT2D eigenvalue weighted by Crippen LogP contribution is 2.28. The van der Waals surface area contributed by atoms with Gasteiger partial charge < -0.3 is 5.32 Å². The molecule has 0 bridgehead atoms. The average Bonchev–Trinajstić information content (AvgIpc) is 3.09. The lowest BCUT2D eigenvalue weighted by Crippen LogP contribution is -2.14. The Balaban J connectivity index is 1.51. The molecule has 1 aliphatic rings. The fourth-order valence-corrected chi connectivity index (χ4v) is 3.04. The van der Waals surface area contributed by atoms with Crippen molar-refractivity contribution in [2.75, 3.05) is 0 Å². The van der Waals surface area contributed by atoms with Crippen molar-refractivity contribution >= 4 is 11.6 Å². The van der Waals surface area contributed by atoms with Gasteiger partial charge in [-0.05, 0) is 36.6 Å². The molecule has 106 valence electrons. The van der Waals surface area contributed by atoms with Gasteiger partial charge in [0.2, 0.25) is 0 Å². The first-order chi connectivity index (χ1) is 9.81. The molecule has 3 nitrogen and oxygen atoms in total. The van der Waals surface area contributed by atoms with E-state index >= 15 is 0 Å². The average molecular weight is 290 g/mol. The lowest BCUT2D eigenvalue weighted by molar-refractivity contribution is 0.461. The second-order valence-electron chi connectivity index (χ2n) is 5.46. The molecule has 0 saturated heterocycles. The highest BCUT2D eigenvalue weighted by molar-refractivity contribution is 6.30. The van der Waals surface area contributed by atoms with Gasteiger partial charge in [0.25, 0.3) is 0 Å². The summed E-state index contributed by atoms with van der Waals surface area (Å²) in [4.78, 5) is 0. The molecule has 1 saturated carbocycles. The van der Waals surface area contributed by atoms with Crippen molar-refractivity contribution in [1.29, 1.82) is 0 Å². The highest BCUT2D eigenvalue weighted by atomic mass is 35.5. The number of hydrogen-bond donors (Lipinski definition) is 1. The summed E-state index contributed by atoms with van der Waals surface area (Å²) < 4.78 is 2.14. The number of nitrogens with zero attached hydrogens (tertiary/aromatic N) is 2. The molecule has 0 radical (unpaired) electrons. The third-order valence-electron chi connectivity index (χ3n) is 3.89. The van der Waals surface area contributed by atoms with E-state index in [-0.39, 0.29) is 0 Å². The van der Waals surface area contributed by atoms with Gasteiger partial charge in [0.05, 0.1) is 11.7 Å². The van der Waals surface area contributed by atoms with E-state index in [1.54, 1.807) is 0 Å². The zero-order valence-corrected chi connectivity index (χ0v) is 12.3. The first-order valence-corrected chi connectivity index (χ1v) is 7.68. The number of halogens is 1. The Morgan fingerprint density at radius 2 is 2.05 bits per heavy atom. The number of nitrogens with one attached hydrogen (secondary N) is 1. The van der Waals surface area contributed by atoms with Crippen LogP contribution in [0, 0.1) is 0 Å². The minimum atomic E-state index is 0.622. The van der Waals surface area contributed by atoms with E-state index in [1.165, 1.54) is 31.2 Å². The summed E-state index contributed by atoms with van der Waals surface area (Å²) in [5.41, 5.74) is 2.31. The van der Waals surface area contributed by atoms with E-state index in [9.17, 15) is 0 Å². The Labute approximate surface area is 124 Å². The van der Waals surface area contributed by atoms with Crippen molar-refractivity contribution in [2.24, 2.45) is 0 Å². The van der Waals surface area contributed by atoms with E-state index in [0.29, 0.717) is 6.04 Å². The Bertz CT molecular complexity index is 558. The van der Waals surface area contributed by atoms with Crippen LogP contribution in [0.25, 0.3) is 0 Å². The lowest BCUT2D eigenvalue weighted by Gasteiger charge is -2.09. The third kappa shape index (κ3) is 3.41. The fraction of sp³-hybridized carbons (Fsp3) is 0.438. The zero-order valence-electron chi connectivity index (χ0n) is 11.6. The van der Waals surface area contributed by atoms with Crippen molar-refractivity contribution in [2.45, 2.75) is 44.8 Å². The van der Waals surface area contributed by atoms with Crippen LogP contribution >= 0.6 is 11.6 Å². The van der Waals surface area contributed by atoms with Gasteiger partial charge in [-0.3, -0.25) is 4.68 Å². The van der Waals surface area contributed by atoms with Gasteiger partial charge in [-0.15, -0.1) is 0 Å². The maximum Gasteiger partial charge on any atom is 0.0762 e. The molecule has 3 rings (SSSR count). The largest absolute Gasteiger partial charge is 0.307 e. The van der Waals surface area contributed by atoms with E-state index in [1.807, 2.05) is 18.2 Å². The third-order valence-corrected chi connectivity index (χ3v) is 4.12. The van der Waals surface area contributed by atoms with Crippen LogP contribution in [-0.2, 0) is 13.1 Å². The molecule has 1 aliphatic carbocycles. The molecule has 1 fully saturated rings. The normalized spacial score (nSPS) is 15.8. The Morgan fingerprint density at radius 3 is 2.85 bits per heavy atom. The van der Waals surface area contributed by atoms with Gasteiger partial charge in [-0.2, -0.15) is 5.10 Å². The van der Waals surface area contributed by atoms with E-state index in [2.05, 4.69) is 33.4 Å². The number of rotatable bonds is 5. The molecule has 0 unspecified atom stereocenters. The molecule has 1 N–H and O–H groups in total. The predicted molar refractivity (Wildman–Crippen MR) is 81.7 cm³/mol. The van der Waals surface area contributed by atoms with Crippen LogP contribution < -0.4 is 5.32 Å². The van der Waals surface area contributed by atoms with Crippen LogP contribution in [0.3, 0.4) is 0 Å². The molecule has 0 spiro atoms. The van der Waals surface area contributed by atoms with Crippen molar-refractivity contribution < 1.29 is 0 Å². The van der Waals surface area contributed by atoms with Gasteiger partial charge >= 0.3 is 0 Å². The van der Waals surface area contributed by atoms with Gasteiger partial charge in [-0.25, -0.2) is 0 Å². The van der Waals surface area contributed by atoms with E-state index in [0.717, 1.165) is 23.8 Å². The molecule has 20 heavy (non-hydrogen) atoms. The summed E-state index contributed by atoms with van der Waals surface area (Å²) in [5, 5.41) is 8.87. The molecule has 0 atom stereocenters. The molecule has 1 aromatic heterocycles. The first-order valence-electron chi connectivity index (χ1n) is 7.30. The van der Waals surface area contributed by atoms with Gasteiger partial charge in [-0.1, -0.05) is 36.6 Å². The minimum absolute atomic E-state index is 0.622. The molecule has 1 heterocycles. The molecule has 0 aliphatic heterocycles. The molecule has 1 aromatic carbocycles. The Hall–Kier alpha value is -1.32. The van der Waals surface area contributed by atoms with E-state index in [4.69, 9.17) is 11.6 Å². The Morgan fingerprint density at radius 1 is 1.20 bits per heavy atom. The zero-order chi connectivity index (χ0) is 13.8. The second kappa shape index (κ2) is 6.42. The topological polar surface area (TPSA) is 29.9 Å². The van der Waals surface area contributed by atoms with Crippen LogP contribution in [0.1, 0.15) is 43.0 Å². The standard InChI is InChI=1S/C16H20ClN3/c17-14-5-3-4-13(10-14)11-18-12-15-8-9-20(19-15)16-6-1-2-7-16/h3-5,8-10,16,18H,1-2,6-7,11-12H2. The van der Waals surface area contributed by atoms with Crippen molar-refractivity contribution in [3.8, 4) is 0 Å². The first kappa shape index (κ1) is 13.7. The predicted octanol–water partition coefficient (Wildman–Crippen LogP) is 3.94. The van der Waals surface area contributed by atoms with E-state index < -0.39 is 0 Å².